The van der Waals surface area contributed by atoms with E-state index in [0.717, 1.165) is 11.4 Å². The highest BCUT2D eigenvalue weighted by molar-refractivity contribution is 5.96. The molecule has 1 aromatic carbocycles. The fourth-order valence-corrected chi connectivity index (χ4v) is 1.72. The van der Waals surface area contributed by atoms with E-state index >= 15 is 0 Å². The Balaban J connectivity index is 2.20. The van der Waals surface area contributed by atoms with E-state index in [1.165, 1.54) is 6.92 Å². The van der Waals surface area contributed by atoms with Crippen molar-refractivity contribution in [3.63, 3.8) is 0 Å². The number of hydrogen-bond acceptors (Lipinski definition) is 3. The van der Waals surface area contributed by atoms with Crippen LogP contribution in [-0.4, -0.2) is 15.3 Å². The Morgan fingerprint density at radius 2 is 2.22 bits per heavy atom. The smallest absolute Gasteiger partial charge is 0.163 e. The van der Waals surface area contributed by atoms with Gasteiger partial charge in [-0.2, -0.15) is 0 Å². The third-order valence-electron chi connectivity index (χ3n) is 2.79. The molecule has 4 nitrogen and oxygen atoms in total. The Morgan fingerprint density at radius 3 is 2.83 bits per heavy atom. The van der Waals surface area contributed by atoms with Gasteiger partial charge in [-0.1, -0.05) is 6.07 Å². The first kappa shape index (κ1) is 12.4. The van der Waals surface area contributed by atoms with Crippen LogP contribution in [0.25, 0.3) is 0 Å². The molecule has 0 N–H and O–H groups in total. The van der Waals surface area contributed by atoms with E-state index in [4.69, 9.17) is 4.74 Å². The van der Waals surface area contributed by atoms with E-state index in [9.17, 15) is 4.79 Å². The highest BCUT2D eigenvalue weighted by Crippen LogP contribution is 2.21. The minimum absolute atomic E-state index is 0.00448. The summed E-state index contributed by atoms with van der Waals surface area (Å²) in [5.74, 6) is 1.45. The maximum absolute atomic E-state index is 11.5. The molecule has 0 atom stereocenters. The van der Waals surface area contributed by atoms with Crippen LogP contribution in [0.2, 0.25) is 0 Å². The highest BCUT2D eigenvalue weighted by atomic mass is 16.5. The van der Waals surface area contributed by atoms with Crippen molar-refractivity contribution in [3.05, 3.63) is 47.5 Å². The molecule has 2 rings (SSSR count). The second-order valence-corrected chi connectivity index (χ2v) is 4.30. The zero-order valence-electron chi connectivity index (χ0n) is 10.8. The number of ether oxygens (including phenoxy) is 1. The van der Waals surface area contributed by atoms with Crippen LogP contribution in [0.1, 0.15) is 28.7 Å². The second-order valence-electron chi connectivity index (χ2n) is 4.30. The van der Waals surface area contributed by atoms with Gasteiger partial charge in [-0.3, -0.25) is 4.79 Å². The topological polar surface area (TPSA) is 44.1 Å². The van der Waals surface area contributed by atoms with E-state index in [1.54, 1.807) is 12.3 Å². The molecule has 0 aliphatic carbocycles. The minimum atomic E-state index is 0.00448. The number of nitrogens with zero attached hydrogens (tertiary/aromatic N) is 2. The number of benzene rings is 1. The molecule has 0 saturated heterocycles. The van der Waals surface area contributed by atoms with E-state index in [1.807, 2.05) is 36.9 Å². The molecular formula is C14H16N2O2. The lowest BCUT2D eigenvalue weighted by molar-refractivity contribution is 0.101. The van der Waals surface area contributed by atoms with Crippen LogP contribution >= 0.6 is 0 Å². The second kappa shape index (κ2) is 5.04. The van der Waals surface area contributed by atoms with Crippen LogP contribution in [0.5, 0.6) is 5.75 Å². The predicted molar refractivity (Wildman–Crippen MR) is 68.7 cm³/mol. The fourth-order valence-electron chi connectivity index (χ4n) is 1.72. The summed E-state index contributed by atoms with van der Waals surface area (Å²) in [5.41, 5.74) is 1.67. The van der Waals surface area contributed by atoms with Crippen LogP contribution < -0.4 is 4.74 Å². The molecule has 18 heavy (non-hydrogen) atoms. The van der Waals surface area contributed by atoms with E-state index in [-0.39, 0.29) is 5.78 Å². The van der Waals surface area contributed by atoms with Crippen LogP contribution in [0.3, 0.4) is 0 Å². The van der Waals surface area contributed by atoms with Gasteiger partial charge in [-0.25, -0.2) is 4.98 Å². The zero-order chi connectivity index (χ0) is 13.1. The van der Waals surface area contributed by atoms with Crippen molar-refractivity contribution in [2.24, 2.45) is 7.05 Å². The first-order valence-corrected chi connectivity index (χ1v) is 5.78. The van der Waals surface area contributed by atoms with Crippen LogP contribution in [-0.2, 0) is 13.7 Å². The van der Waals surface area contributed by atoms with Crippen LogP contribution in [0.4, 0.5) is 0 Å². The van der Waals surface area contributed by atoms with Crippen molar-refractivity contribution in [1.82, 2.24) is 9.55 Å². The monoisotopic (exact) mass is 244 g/mol. The van der Waals surface area contributed by atoms with Crippen molar-refractivity contribution in [2.45, 2.75) is 20.5 Å². The Morgan fingerprint density at radius 1 is 1.44 bits per heavy atom. The summed E-state index contributed by atoms with van der Waals surface area (Å²) in [5, 5.41) is 0. The molecule has 94 valence electrons. The maximum atomic E-state index is 11.5. The van der Waals surface area contributed by atoms with Crippen molar-refractivity contribution in [2.75, 3.05) is 0 Å². The van der Waals surface area contributed by atoms with Crippen LogP contribution in [0, 0.1) is 6.92 Å². The summed E-state index contributed by atoms with van der Waals surface area (Å²) < 4.78 is 7.59. The number of aryl methyl sites for hydroxylation is 2. The van der Waals surface area contributed by atoms with Crippen molar-refractivity contribution < 1.29 is 9.53 Å². The Kier molecular flexibility index (Phi) is 3.46. The molecular weight excluding hydrogens is 228 g/mol. The molecule has 1 heterocycles. The third kappa shape index (κ3) is 2.59. The van der Waals surface area contributed by atoms with Gasteiger partial charge < -0.3 is 9.30 Å². The Hall–Kier alpha value is -2.10. The first-order chi connectivity index (χ1) is 8.58. The quantitative estimate of drug-likeness (QED) is 0.776. The van der Waals surface area contributed by atoms with Gasteiger partial charge >= 0.3 is 0 Å². The number of hydrogen-bond donors (Lipinski definition) is 0. The highest BCUT2D eigenvalue weighted by Gasteiger charge is 2.09. The summed E-state index contributed by atoms with van der Waals surface area (Å²) in [7, 11) is 1.91. The summed E-state index contributed by atoms with van der Waals surface area (Å²) >= 11 is 0. The zero-order valence-corrected chi connectivity index (χ0v) is 10.8. The molecule has 0 unspecified atom stereocenters. The van der Waals surface area contributed by atoms with Gasteiger partial charge in [-0.15, -0.1) is 0 Å². The number of aromatic nitrogens is 2. The van der Waals surface area contributed by atoms with Crippen molar-refractivity contribution >= 4 is 5.78 Å². The van der Waals surface area contributed by atoms with Crippen molar-refractivity contribution in [3.8, 4) is 5.75 Å². The molecule has 4 heteroatoms. The molecule has 0 bridgehead atoms. The number of carbonyl (C=O) groups is 1. The lowest BCUT2D eigenvalue weighted by Crippen LogP contribution is -2.06. The Bertz CT molecular complexity index is 573. The van der Waals surface area contributed by atoms with Gasteiger partial charge in [-0.05, 0) is 31.5 Å². The molecule has 0 radical (unpaired) electrons. The number of rotatable bonds is 4. The molecule has 2 aromatic rings. The third-order valence-corrected chi connectivity index (χ3v) is 2.79. The largest absolute Gasteiger partial charge is 0.485 e. The molecule has 0 saturated carbocycles. The fraction of sp³-hybridized carbons (Fsp3) is 0.286. The summed E-state index contributed by atoms with van der Waals surface area (Å²) in [6, 6.07) is 5.58. The standard InChI is InChI=1S/C14H16N2O2/c1-10-4-5-12(11(2)17)13(8-10)18-9-14-15-6-7-16(14)3/h4-8H,9H2,1-3H3. The van der Waals surface area contributed by atoms with E-state index < -0.39 is 0 Å². The number of ketones is 1. The van der Waals surface area contributed by atoms with Gasteiger partial charge in [0, 0.05) is 19.4 Å². The van der Waals surface area contributed by atoms with Crippen LogP contribution in [0.15, 0.2) is 30.6 Å². The Labute approximate surface area is 106 Å². The minimum Gasteiger partial charge on any atom is -0.485 e. The van der Waals surface area contributed by atoms with Gasteiger partial charge in [0.1, 0.15) is 18.2 Å². The summed E-state index contributed by atoms with van der Waals surface area (Å²) in [6.07, 6.45) is 3.58. The first-order valence-electron chi connectivity index (χ1n) is 5.78. The van der Waals surface area contributed by atoms with Gasteiger partial charge in [0.25, 0.3) is 0 Å². The summed E-state index contributed by atoms with van der Waals surface area (Å²) in [6.45, 7) is 3.86. The molecule has 0 fully saturated rings. The lowest BCUT2D eigenvalue weighted by Gasteiger charge is -2.10. The summed E-state index contributed by atoms with van der Waals surface area (Å²) in [4.78, 5) is 15.7. The molecule has 0 spiro atoms. The molecule has 0 aliphatic heterocycles. The normalized spacial score (nSPS) is 10.4. The lowest BCUT2D eigenvalue weighted by atomic mass is 10.1. The SMILES string of the molecule is CC(=O)c1ccc(C)cc1OCc1nccn1C. The van der Waals surface area contributed by atoms with E-state index in [2.05, 4.69) is 4.98 Å². The predicted octanol–water partition coefficient (Wildman–Crippen LogP) is 2.51. The maximum Gasteiger partial charge on any atom is 0.163 e. The van der Waals surface area contributed by atoms with Gasteiger partial charge in [0.15, 0.2) is 5.78 Å². The average Bonchev–Trinajstić information content (AvgIpc) is 2.72. The van der Waals surface area contributed by atoms with Gasteiger partial charge in [0.2, 0.25) is 0 Å². The number of imidazole rings is 1. The molecule has 0 amide bonds. The molecule has 0 aliphatic rings. The van der Waals surface area contributed by atoms with Crippen molar-refractivity contribution in [1.29, 1.82) is 0 Å². The van der Waals surface area contributed by atoms with Gasteiger partial charge in [0.05, 0.1) is 5.56 Å². The average molecular weight is 244 g/mol. The molecule has 1 aromatic heterocycles. The number of carbonyl (C=O) groups excluding carboxylic acids is 1. The van der Waals surface area contributed by atoms with E-state index in [0.29, 0.717) is 17.9 Å². The number of Topliss-reactive ketones (excluding diaryl/α,β-unsaturated/α-hetero) is 1.